The van der Waals surface area contributed by atoms with Crippen LogP contribution in [0.4, 0.5) is 13.9 Å². The molecule has 0 radical (unpaired) electrons. The van der Waals surface area contributed by atoms with Crippen LogP contribution in [-0.4, -0.2) is 74.2 Å². The summed E-state index contributed by atoms with van der Waals surface area (Å²) in [7, 11) is -2.90. The number of hydrogen-bond acceptors (Lipinski definition) is 10. The first-order valence-corrected chi connectivity index (χ1v) is 26.4. The lowest BCUT2D eigenvalue weighted by molar-refractivity contribution is -0.143. The van der Waals surface area contributed by atoms with E-state index in [-0.39, 0.29) is 60.9 Å². The molecule has 8 rings (SSSR count). The topological polar surface area (TPSA) is 148 Å². The van der Waals surface area contributed by atoms with Gasteiger partial charge in [0.2, 0.25) is 13.3 Å². The predicted octanol–water partition coefficient (Wildman–Crippen LogP) is 11.6. The van der Waals surface area contributed by atoms with E-state index in [4.69, 9.17) is 31.0 Å². The lowest BCUT2D eigenvalue weighted by atomic mass is 9.89. The highest BCUT2D eigenvalue weighted by Gasteiger charge is 2.66. The molecule has 4 aliphatic rings. The minimum absolute atomic E-state index is 0.0262. The van der Waals surface area contributed by atoms with E-state index >= 15 is 18.4 Å². The number of nitrogens with zero attached hydrogens (tertiary/aromatic N) is 3. The number of halogens is 3. The van der Waals surface area contributed by atoms with Gasteiger partial charge in [-0.1, -0.05) is 75.5 Å². The lowest BCUT2D eigenvalue weighted by Crippen LogP contribution is -2.45. The minimum Gasteiger partial charge on any atom is -0.495 e. The van der Waals surface area contributed by atoms with Crippen LogP contribution in [0.5, 0.6) is 11.5 Å². The lowest BCUT2D eigenvalue weighted by Gasteiger charge is -2.30. The van der Waals surface area contributed by atoms with Gasteiger partial charge in [-0.25, -0.2) is 18.7 Å². The van der Waals surface area contributed by atoms with Gasteiger partial charge in [0.1, 0.15) is 45.7 Å². The number of nitrogens with one attached hydrogen (secondary N) is 1. The van der Waals surface area contributed by atoms with Gasteiger partial charge < -0.3 is 24.6 Å². The molecular formula is C49H60ClF2N4O7PS. The molecule has 2 saturated carbocycles. The van der Waals surface area contributed by atoms with Crippen LogP contribution in [0.2, 0.25) is 5.02 Å². The number of ketones is 2. The Bertz CT molecular complexity index is 2450. The molecule has 2 unspecified atom stereocenters. The van der Waals surface area contributed by atoms with E-state index in [1.54, 1.807) is 23.1 Å². The monoisotopic (exact) mass is 952 g/mol. The average Bonchev–Trinajstić information content (AvgIpc) is 3.68. The van der Waals surface area contributed by atoms with Crippen molar-refractivity contribution in [3.63, 3.8) is 0 Å². The highest BCUT2D eigenvalue weighted by atomic mass is 35.5. The van der Waals surface area contributed by atoms with Gasteiger partial charge in [0.15, 0.2) is 10.9 Å². The molecule has 4 aromatic rings. The fraction of sp³-hybridized carbons (Fsp3) is 0.571. The number of carbonyl (C=O) groups excluding carboxylic acids is 3. The third kappa shape index (κ3) is 10.5. The Hall–Kier alpha value is -3.97. The first-order chi connectivity index (χ1) is 31.2. The van der Waals surface area contributed by atoms with Crippen molar-refractivity contribution in [1.82, 2.24) is 14.9 Å². The average molecular weight is 954 g/mol. The van der Waals surface area contributed by atoms with Gasteiger partial charge in [0.25, 0.3) is 0 Å². The molecule has 2 aliphatic carbocycles. The minimum atomic E-state index is -4.42. The molecule has 0 bridgehead atoms. The van der Waals surface area contributed by atoms with Crippen LogP contribution in [0, 0.1) is 29.4 Å². The molecule has 0 spiro atoms. The molecule has 2 N–H and O–H groups in total. The molecule has 1 amide bonds. The zero-order valence-corrected chi connectivity index (χ0v) is 39.9. The van der Waals surface area contributed by atoms with Gasteiger partial charge >= 0.3 is 0 Å². The van der Waals surface area contributed by atoms with Crippen molar-refractivity contribution in [1.29, 1.82) is 0 Å². The van der Waals surface area contributed by atoms with Crippen molar-refractivity contribution in [2.45, 2.75) is 146 Å². The summed E-state index contributed by atoms with van der Waals surface area (Å²) in [5.41, 5.74) is 1.02. The zero-order chi connectivity index (χ0) is 46.0. The van der Waals surface area contributed by atoms with E-state index in [0.717, 1.165) is 69.9 Å². The van der Waals surface area contributed by atoms with Gasteiger partial charge in [0.05, 0.1) is 42.2 Å². The van der Waals surface area contributed by atoms with Crippen molar-refractivity contribution in [2.24, 2.45) is 17.8 Å². The number of hydrogen-bond donors (Lipinski definition) is 2. The molecule has 2 aliphatic heterocycles. The first kappa shape index (κ1) is 47.5. The quantitative estimate of drug-likeness (QED) is 0.124. The van der Waals surface area contributed by atoms with E-state index in [2.05, 4.69) is 5.32 Å². The van der Waals surface area contributed by atoms with Crippen molar-refractivity contribution < 1.29 is 42.1 Å². The number of carbonyl (C=O) groups is 3. The number of Topliss-reactive ketones (excluding diaryl/α,β-unsaturated/α-hetero) is 2. The highest BCUT2D eigenvalue weighted by Crippen LogP contribution is 2.75. The van der Waals surface area contributed by atoms with Crippen molar-refractivity contribution >= 4 is 63.8 Å². The van der Waals surface area contributed by atoms with E-state index in [0.29, 0.717) is 64.1 Å². The standard InChI is InChI=1S/C49H60ClF2N4O7PS/c1-29(2)53-48-55-40(28-65-48)39-23-44(35-18-19-43(62-3)45(50)46(35)54-39)63-34-22-41-42(58)25-49(64(60,61)27-36-37(51)16-11-17-38(36)52)24-32(49)15-8-6-4-5-7-14-31(47(59)56(41)26-34)21-33(57)20-30-12-9-10-13-30/h11,16-19,23,28-32,34,41H,4-10,12-15,20-22,24-27H2,1-3H3,(H,53,55)(H,60,61)/t31?,32-,34-,41+,49-/m1/s1. The van der Waals surface area contributed by atoms with Crippen molar-refractivity contribution in [2.75, 3.05) is 19.0 Å². The normalized spacial score (nSPS) is 25.4. The molecule has 16 heteroatoms. The van der Waals surface area contributed by atoms with Gasteiger partial charge in [-0.05, 0) is 69.2 Å². The molecule has 6 atom stereocenters. The molecule has 2 aromatic carbocycles. The van der Waals surface area contributed by atoms with E-state index in [1.165, 1.54) is 24.5 Å². The number of aromatic nitrogens is 2. The Kier molecular flexibility index (Phi) is 14.7. The molecular weight excluding hydrogens is 893 g/mol. The Morgan fingerprint density at radius 3 is 2.42 bits per heavy atom. The number of ether oxygens (including phenoxy) is 2. The number of fused-ring (bicyclic) bond motifs is 3. The highest BCUT2D eigenvalue weighted by molar-refractivity contribution is 7.59. The molecule has 65 heavy (non-hydrogen) atoms. The third-order valence-electron chi connectivity index (χ3n) is 14.2. The summed E-state index contributed by atoms with van der Waals surface area (Å²) in [6, 6.07) is 7.75. The Balaban J connectivity index is 1.14. The molecule has 4 heterocycles. The summed E-state index contributed by atoms with van der Waals surface area (Å²) in [6.07, 6.45) is 8.56. The molecule has 2 saturated heterocycles. The number of benzene rings is 2. The number of rotatable bonds is 13. The summed E-state index contributed by atoms with van der Waals surface area (Å²) in [5.74, 6) is -2.26. The largest absolute Gasteiger partial charge is 0.495 e. The number of amides is 1. The zero-order valence-electron chi connectivity index (χ0n) is 37.5. The Morgan fingerprint density at radius 2 is 1.69 bits per heavy atom. The predicted molar refractivity (Wildman–Crippen MR) is 250 cm³/mol. The van der Waals surface area contributed by atoms with Crippen LogP contribution < -0.4 is 14.8 Å². The first-order valence-electron chi connectivity index (χ1n) is 23.3. The maximum absolute atomic E-state index is 15.0. The van der Waals surface area contributed by atoms with Crippen LogP contribution in [0.3, 0.4) is 0 Å². The van der Waals surface area contributed by atoms with Crippen LogP contribution in [-0.2, 0) is 25.1 Å². The number of thiazole rings is 1. The molecule has 2 aromatic heterocycles. The summed E-state index contributed by atoms with van der Waals surface area (Å²) < 4.78 is 57.0. The fourth-order valence-electron chi connectivity index (χ4n) is 10.6. The fourth-order valence-corrected chi connectivity index (χ4v) is 14.4. The number of methoxy groups -OCH3 is 1. The van der Waals surface area contributed by atoms with Gasteiger partial charge in [-0.15, -0.1) is 11.3 Å². The van der Waals surface area contributed by atoms with Gasteiger partial charge in [0, 0.05) is 60.0 Å². The van der Waals surface area contributed by atoms with Crippen molar-refractivity contribution in [3.05, 3.63) is 64.0 Å². The van der Waals surface area contributed by atoms with Crippen LogP contribution in [0.25, 0.3) is 22.3 Å². The summed E-state index contributed by atoms with van der Waals surface area (Å²) in [5, 5.41) is 5.38. The van der Waals surface area contributed by atoms with Gasteiger partial charge in [-0.3, -0.25) is 18.9 Å². The molecule has 4 fully saturated rings. The molecule has 11 nitrogen and oxygen atoms in total. The van der Waals surface area contributed by atoms with Crippen LogP contribution >= 0.6 is 30.3 Å². The smallest absolute Gasteiger partial charge is 0.226 e. The SMILES string of the molecule is COc1ccc2c(O[C@@H]3C[C@H]4C(=O)C[C@]5(P(=O)(O)Cc6c(F)cccc6F)C[C@H]5CCCCCCCC(CC(=O)CC5CCCC5)C(=O)N4C3)cc(-c3csc(NC(C)C)n3)nc2c1Cl. The van der Waals surface area contributed by atoms with Crippen molar-refractivity contribution in [3.8, 4) is 22.9 Å². The summed E-state index contributed by atoms with van der Waals surface area (Å²) in [6.45, 7) is 4.07. The van der Waals surface area contributed by atoms with E-state index in [1.807, 2.05) is 19.2 Å². The molecule has 350 valence electrons. The van der Waals surface area contributed by atoms with E-state index < -0.39 is 59.7 Å². The van der Waals surface area contributed by atoms with E-state index in [9.17, 15) is 14.3 Å². The second-order valence-corrected chi connectivity index (χ2v) is 23.0. The van der Waals surface area contributed by atoms with Crippen LogP contribution in [0.1, 0.15) is 122 Å². The second-order valence-electron chi connectivity index (χ2n) is 19.1. The summed E-state index contributed by atoms with van der Waals surface area (Å²) in [4.78, 5) is 66.9. The third-order valence-corrected chi connectivity index (χ3v) is 18.2. The number of pyridine rings is 1. The van der Waals surface area contributed by atoms with Crippen LogP contribution in [0.15, 0.2) is 41.8 Å². The summed E-state index contributed by atoms with van der Waals surface area (Å²) >= 11 is 8.33. The number of anilines is 1. The Morgan fingerprint density at radius 1 is 0.985 bits per heavy atom. The maximum atomic E-state index is 15.0. The second kappa shape index (κ2) is 20.1. The maximum Gasteiger partial charge on any atom is 0.226 e. The van der Waals surface area contributed by atoms with Gasteiger partial charge in [-0.2, -0.15) is 0 Å². The Labute approximate surface area is 388 Å².